The van der Waals surface area contributed by atoms with Gasteiger partial charge in [-0.2, -0.15) is 0 Å². The zero-order chi connectivity index (χ0) is 45.0. The fourth-order valence-corrected chi connectivity index (χ4v) is 12.6. The molecule has 0 unspecified atom stereocenters. The lowest BCUT2D eigenvalue weighted by Crippen LogP contribution is -2.07. The first kappa shape index (κ1) is 39.9. The van der Waals surface area contributed by atoms with Crippen molar-refractivity contribution in [3.05, 3.63) is 241 Å². The summed E-state index contributed by atoms with van der Waals surface area (Å²) in [5.74, 6) is 0. The first-order valence-electron chi connectivity index (χ1n) is 22.6. The molecule has 4 heterocycles. The third-order valence-corrected chi connectivity index (χ3v) is 15.6. The van der Waals surface area contributed by atoms with Crippen molar-refractivity contribution in [2.45, 2.75) is 0 Å². The highest BCUT2D eigenvalue weighted by atomic mass is 31.1. The van der Waals surface area contributed by atoms with E-state index in [0.717, 1.165) is 99.7 Å². The number of para-hydroxylation sites is 6. The van der Waals surface area contributed by atoms with E-state index in [9.17, 15) is 0 Å². The van der Waals surface area contributed by atoms with E-state index < -0.39 is 16.3 Å². The Morgan fingerprint density at radius 3 is 0.926 bits per heavy atom. The summed E-state index contributed by atoms with van der Waals surface area (Å²) in [5.41, 5.74) is 12.1. The molecule has 14 rings (SSSR count). The summed E-state index contributed by atoms with van der Waals surface area (Å²) in [6.45, 7) is 0. The number of benzene rings is 10. The highest BCUT2D eigenvalue weighted by Crippen LogP contribution is 2.52. The molecule has 0 N–H and O–H groups in total. The zero-order valence-electron chi connectivity index (χ0n) is 36.5. The quantitative estimate of drug-likeness (QED) is 0.172. The van der Waals surface area contributed by atoms with Crippen LogP contribution >= 0.6 is 16.3 Å². The van der Waals surface area contributed by atoms with Crippen LogP contribution in [-0.4, -0.2) is 0 Å². The molecule has 0 fully saturated rings. The fraction of sp³-hybridized carbons (Fsp3) is 0. The van der Waals surface area contributed by atoms with Crippen LogP contribution in [0.3, 0.4) is 0 Å². The molecule has 12 aromatic rings. The number of hydrogen-bond acceptors (Lipinski definition) is 6. The van der Waals surface area contributed by atoms with Gasteiger partial charge in [0.05, 0.1) is 22.7 Å². The van der Waals surface area contributed by atoms with Crippen LogP contribution in [0.5, 0.6) is 0 Å². The average molecular weight is 915 g/mol. The Morgan fingerprint density at radius 1 is 0.250 bits per heavy atom. The summed E-state index contributed by atoms with van der Waals surface area (Å²) in [6.07, 6.45) is 8.65. The summed E-state index contributed by atoms with van der Waals surface area (Å²) in [5, 5.41) is 8.91. The lowest BCUT2D eigenvalue weighted by atomic mass is 9.99. The fourth-order valence-electron chi connectivity index (χ4n) is 9.50. The van der Waals surface area contributed by atoms with E-state index in [0.29, 0.717) is 0 Å². The number of rotatable bonds is 2. The lowest BCUT2D eigenvalue weighted by Gasteiger charge is -2.23. The smallest absolute Gasteiger partial charge is 0.346 e. The van der Waals surface area contributed by atoms with Gasteiger partial charge in [0.15, 0.2) is 0 Å². The van der Waals surface area contributed by atoms with Gasteiger partial charge in [-0.3, -0.25) is 0 Å². The molecular weight excluding hydrogens is 875 g/mol. The van der Waals surface area contributed by atoms with Gasteiger partial charge in [-0.05, 0) is 92.3 Å². The second-order valence-electron chi connectivity index (χ2n) is 16.7. The van der Waals surface area contributed by atoms with Gasteiger partial charge in [0.2, 0.25) is 0 Å². The first-order valence-corrected chi connectivity index (χ1v) is 24.9. The molecule has 6 nitrogen and oxygen atoms in total. The van der Waals surface area contributed by atoms with Crippen LogP contribution < -0.4 is 9.34 Å². The molecule has 0 radical (unpaired) electrons. The predicted molar refractivity (Wildman–Crippen MR) is 286 cm³/mol. The molecule has 0 amide bonds. The van der Waals surface area contributed by atoms with Crippen molar-refractivity contribution in [3.8, 4) is 0 Å². The maximum Gasteiger partial charge on any atom is 0.346 e. The monoisotopic (exact) mass is 914 g/mol. The third-order valence-electron chi connectivity index (χ3n) is 12.7. The largest absolute Gasteiger partial charge is 0.404 e. The Bertz CT molecular complexity index is 3840. The Balaban J connectivity index is 0.000000138. The van der Waals surface area contributed by atoms with Crippen molar-refractivity contribution in [1.82, 2.24) is 0 Å². The molecule has 0 spiro atoms. The minimum Gasteiger partial charge on any atom is -0.404 e. The van der Waals surface area contributed by atoms with E-state index in [1.807, 2.05) is 36.4 Å². The predicted octanol–water partition coefficient (Wildman–Crippen LogP) is 19.1. The second-order valence-corrected chi connectivity index (χ2v) is 19.2. The van der Waals surface area contributed by atoms with E-state index >= 15 is 0 Å². The first-order chi connectivity index (χ1) is 33.7. The molecule has 68 heavy (non-hydrogen) atoms. The van der Waals surface area contributed by atoms with Crippen molar-refractivity contribution >= 4 is 129 Å². The molecular formula is C60H40N2O4P2. The number of fused-ring (bicyclic) bond motifs is 14. The maximum absolute atomic E-state index is 6.95. The van der Waals surface area contributed by atoms with Crippen LogP contribution in [-0.2, 0) is 0 Å². The Labute approximate surface area is 393 Å². The summed E-state index contributed by atoms with van der Waals surface area (Å²) in [6, 6.07) is 75.4. The van der Waals surface area contributed by atoms with Gasteiger partial charge in [-0.1, -0.05) is 194 Å². The molecule has 0 saturated carbocycles. The summed E-state index contributed by atoms with van der Waals surface area (Å²) >= 11 is 0. The molecule has 0 bridgehead atoms. The van der Waals surface area contributed by atoms with Gasteiger partial charge in [0.25, 0.3) is 0 Å². The Kier molecular flexibility index (Phi) is 9.86. The Morgan fingerprint density at radius 2 is 0.544 bits per heavy atom. The average Bonchev–Trinajstić information content (AvgIpc) is 3.83. The van der Waals surface area contributed by atoms with E-state index in [4.69, 9.17) is 16.8 Å². The van der Waals surface area contributed by atoms with E-state index in [-0.39, 0.29) is 0 Å². The van der Waals surface area contributed by atoms with Crippen LogP contribution in [0.25, 0.3) is 89.7 Å². The van der Waals surface area contributed by atoms with Crippen LogP contribution in [0.15, 0.2) is 235 Å². The van der Waals surface area contributed by atoms with E-state index in [2.05, 4.69) is 216 Å². The molecule has 0 aliphatic carbocycles. The molecule has 0 saturated heterocycles. The van der Waals surface area contributed by atoms with Crippen molar-refractivity contribution < 1.29 is 16.8 Å². The topological polar surface area (TPSA) is 59.0 Å². The van der Waals surface area contributed by atoms with Crippen LogP contribution in [0.4, 0.5) is 22.7 Å². The SMILES string of the molecule is C1=Cc2ccccc2N(p2oc3ccc4ccccc4c3c3c(ccc4ccccc43)o2)c2ccccc21.C1=Cc2ccccc2N(p2oc3ccccc3c3ccccc3o2)c2ccccc21. The molecule has 2 aliphatic rings. The molecule has 2 aromatic heterocycles. The number of hydrogen-bond donors (Lipinski definition) is 0. The molecule has 0 atom stereocenters. The highest BCUT2D eigenvalue weighted by molar-refractivity contribution is 7.40. The standard InChI is InChI=1S/C34H22NO2P.C26H18NO2P/c1-5-13-27-23(9-1)19-21-31-33(27)34-28-14-6-2-10-24(28)20-22-32(34)37-38(36-31)35-29-15-7-3-11-25(29)17-18-26-12-4-8-16-30(26)35;1-5-13-23-19(9-1)17-18-20-10-2-6-14-24(20)27(23)30-28-25-15-7-3-11-21(25)22-12-4-8-16-26(22)29-30/h1-22H;1-18H. The zero-order valence-corrected chi connectivity index (χ0v) is 38.3. The molecule has 10 aromatic carbocycles. The van der Waals surface area contributed by atoms with Crippen molar-refractivity contribution in [3.63, 3.8) is 0 Å². The van der Waals surface area contributed by atoms with Crippen molar-refractivity contribution in [2.75, 3.05) is 9.34 Å². The highest BCUT2D eigenvalue weighted by Gasteiger charge is 2.26. The van der Waals surface area contributed by atoms with Gasteiger partial charge in [0.1, 0.15) is 22.3 Å². The normalized spacial score (nSPS) is 12.5. The molecule has 324 valence electrons. The molecule has 8 heteroatoms. The van der Waals surface area contributed by atoms with Gasteiger partial charge >= 0.3 is 16.3 Å². The van der Waals surface area contributed by atoms with Crippen molar-refractivity contribution in [1.29, 1.82) is 0 Å². The lowest BCUT2D eigenvalue weighted by molar-refractivity contribution is 0.639. The van der Waals surface area contributed by atoms with Gasteiger partial charge in [-0.25, -0.2) is 9.34 Å². The summed E-state index contributed by atoms with van der Waals surface area (Å²) in [4.78, 5) is 0. The Hall–Kier alpha value is -8.40. The minimum atomic E-state index is -1.60. The van der Waals surface area contributed by atoms with Gasteiger partial charge in [0, 0.05) is 21.5 Å². The van der Waals surface area contributed by atoms with Crippen LogP contribution in [0.2, 0.25) is 0 Å². The number of nitrogens with zero attached hydrogens (tertiary/aromatic N) is 2. The minimum absolute atomic E-state index is 0.831. The molecule has 2 aliphatic heterocycles. The summed E-state index contributed by atoms with van der Waals surface area (Å²) in [7, 11) is -3.08. The van der Waals surface area contributed by atoms with E-state index in [1.54, 1.807) is 0 Å². The second kappa shape index (κ2) is 16.8. The third kappa shape index (κ3) is 6.89. The van der Waals surface area contributed by atoms with Crippen LogP contribution in [0.1, 0.15) is 22.3 Å². The van der Waals surface area contributed by atoms with Crippen molar-refractivity contribution in [2.24, 2.45) is 0 Å². The van der Waals surface area contributed by atoms with Gasteiger partial charge < -0.3 is 16.8 Å². The number of anilines is 4. The summed E-state index contributed by atoms with van der Waals surface area (Å²) < 4.78 is 31.5. The van der Waals surface area contributed by atoms with Gasteiger partial charge in [-0.15, -0.1) is 0 Å². The van der Waals surface area contributed by atoms with Crippen LogP contribution in [0, 0.1) is 0 Å². The maximum atomic E-state index is 6.95. The van der Waals surface area contributed by atoms with E-state index in [1.165, 1.54) is 10.8 Å².